The lowest BCUT2D eigenvalue weighted by molar-refractivity contribution is -0.177. The Labute approximate surface area is 228 Å². The molecule has 3 aliphatic heterocycles. The van der Waals surface area contributed by atoms with Crippen LogP contribution >= 0.6 is 39.1 Å². The van der Waals surface area contributed by atoms with E-state index < -0.39 is 57.0 Å². The maximum absolute atomic E-state index is 14.4. The van der Waals surface area contributed by atoms with E-state index in [2.05, 4.69) is 26.4 Å². The van der Waals surface area contributed by atoms with Crippen molar-refractivity contribution in [3.05, 3.63) is 67.1 Å². The van der Waals surface area contributed by atoms with Gasteiger partial charge >= 0.3 is 6.18 Å². The maximum atomic E-state index is 14.4. The van der Waals surface area contributed by atoms with Gasteiger partial charge < -0.3 is 14.9 Å². The summed E-state index contributed by atoms with van der Waals surface area (Å²) in [5, 5.41) is 7.06. The number of Topliss-reactive ketones (excluding diaryl/α,β-unsaturated/α-hetero) is 1. The second-order valence-electron chi connectivity index (χ2n) is 9.25. The van der Waals surface area contributed by atoms with Gasteiger partial charge in [0.05, 0.1) is 14.5 Å². The highest BCUT2D eigenvalue weighted by molar-refractivity contribution is 9.10. The van der Waals surface area contributed by atoms with Crippen LogP contribution in [0.2, 0.25) is 10.0 Å². The summed E-state index contributed by atoms with van der Waals surface area (Å²) in [5.74, 6) is -3.61. The van der Waals surface area contributed by atoms with Gasteiger partial charge in [-0.05, 0) is 50.8 Å². The Kier molecular flexibility index (Phi) is 6.69. The predicted molar refractivity (Wildman–Crippen MR) is 134 cm³/mol. The molecule has 1 spiro atoms. The number of alkyl halides is 3. The molecule has 0 radical (unpaired) electrons. The van der Waals surface area contributed by atoms with Crippen LogP contribution in [0.15, 0.2) is 40.0 Å². The maximum Gasteiger partial charge on any atom is 0.401 e. The summed E-state index contributed by atoms with van der Waals surface area (Å²) in [6, 6.07) is 7.11. The molecule has 37 heavy (non-hydrogen) atoms. The molecule has 2 aromatic rings. The lowest BCUT2D eigenvalue weighted by atomic mass is 9.83. The van der Waals surface area contributed by atoms with E-state index in [0.717, 1.165) is 6.26 Å². The highest BCUT2D eigenvalue weighted by Crippen LogP contribution is 2.49. The molecule has 0 saturated carbocycles. The number of carbonyl (C=O) groups excluding carboxylic acids is 1. The molecule has 14 heteroatoms. The number of oxime groups is 1. The molecular formula is C23H18BrCl2F3N2O5S. The van der Waals surface area contributed by atoms with Crippen molar-refractivity contribution in [3.63, 3.8) is 0 Å². The fourth-order valence-corrected chi connectivity index (χ4v) is 6.23. The van der Waals surface area contributed by atoms with Gasteiger partial charge in [-0.3, -0.25) is 4.79 Å². The lowest BCUT2D eigenvalue weighted by Gasteiger charge is -2.39. The summed E-state index contributed by atoms with van der Waals surface area (Å²) in [5.41, 5.74) is -0.149. The molecular weight excluding hydrogens is 624 g/mol. The van der Waals surface area contributed by atoms with Gasteiger partial charge in [0.1, 0.15) is 29.1 Å². The highest BCUT2D eigenvalue weighted by atomic mass is 79.9. The molecule has 0 amide bonds. The van der Waals surface area contributed by atoms with E-state index in [1.54, 1.807) is 6.07 Å². The van der Waals surface area contributed by atoms with E-state index in [1.165, 1.54) is 24.3 Å². The van der Waals surface area contributed by atoms with Crippen molar-refractivity contribution >= 4 is 60.5 Å². The molecule has 198 valence electrons. The van der Waals surface area contributed by atoms with E-state index in [0.29, 0.717) is 28.7 Å². The number of carbonyl (C=O) groups is 1. The van der Waals surface area contributed by atoms with Crippen molar-refractivity contribution in [2.75, 3.05) is 25.1 Å². The van der Waals surface area contributed by atoms with Crippen molar-refractivity contribution in [2.24, 2.45) is 11.1 Å². The Bertz CT molecular complexity index is 1420. The van der Waals surface area contributed by atoms with Crippen LogP contribution in [0, 0.1) is 5.92 Å². The number of benzene rings is 2. The van der Waals surface area contributed by atoms with Crippen LogP contribution in [0.1, 0.15) is 34.5 Å². The molecule has 0 bridgehead atoms. The van der Waals surface area contributed by atoms with Crippen molar-refractivity contribution in [1.29, 1.82) is 0 Å². The number of sulfone groups is 1. The molecule has 0 aromatic heterocycles. The number of nitrogens with one attached hydrogen (secondary N) is 1. The van der Waals surface area contributed by atoms with Crippen molar-refractivity contribution in [1.82, 2.24) is 5.32 Å². The summed E-state index contributed by atoms with van der Waals surface area (Å²) in [4.78, 5) is 18.1. The van der Waals surface area contributed by atoms with Crippen molar-refractivity contribution < 1.29 is 36.0 Å². The third-order valence-electron chi connectivity index (χ3n) is 6.53. The number of fused-ring (bicyclic) bond motifs is 2. The normalized spacial score (nSPS) is 24.4. The molecule has 0 aliphatic carbocycles. The quantitative estimate of drug-likeness (QED) is 0.467. The summed E-state index contributed by atoms with van der Waals surface area (Å²) in [6.45, 7) is 0.759. The van der Waals surface area contributed by atoms with Crippen LogP contribution in [0.25, 0.3) is 0 Å². The van der Waals surface area contributed by atoms with E-state index in [1.807, 2.05) is 0 Å². The molecule has 3 atom stereocenters. The van der Waals surface area contributed by atoms with E-state index in [-0.39, 0.29) is 21.2 Å². The van der Waals surface area contributed by atoms with Crippen LogP contribution in [0.4, 0.5) is 13.2 Å². The second kappa shape index (κ2) is 9.20. The first-order chi connectivity index (χ1) is 17.2. The average molecular weight is 642 g/mol. The number of ketones is 1. The number of hydrogen-bond donors (Lipinski definition) is 1. The zero-order valence-corrected chi connectivity index (χ0v) is 22.8. The third-order valence-corrected chi connectivity index (χ3v) is 9.25. The smallest absolute Gasteiger partial charge is 0.386 e. The average Bonchev–Trinajstić information content (AvgIpc) is 3.35. The highest BCUT2D eigenvalue weighted by Gasteiger charge is 2.55. The van der Waals surface area contributed by atoms with Crippen LogP contribution in [-0.4, -0.2) is 51.2 Å². The lowest BCUT2D eigenvalue weighted by Crippen LogP contribution is -2.57. The number of hydrogen-bond acceptors (Lipinski definition) is 7. The predicted octanol–water partition coefficient (Wildman–Crippen LogP) is 4.89. The monoisotopic (exact) mass is 640 g/mol. The van der Waals surface area contributed by atoms with E-state index >= 15 is 0 Å². The summed E-state index contributed by atoms with van der Waals surface area (Å²) in [6.07, 6.45) is -6.62. The number of rotatable bonds is 5. The van der Waals surface area contributed by atoms with Gasteiger partial charge in [-0.1, -0.05) is 40.5 Å². The van der Waals surface area contributed by atoms with Gasteiger partial charge in [0, 0.05) is 24.9 Å². The molecule has 1 N–H and O–H groups in total. The van der Waals surface area contributed by atoms with Crippen LogP contribution in [-0.2, 0) is 29.8 Å². The summed E-state index contributed by atoms with van der Waals surface area (Å²) in [7, 11) is -3.65. The van der Waals surface area contributed by atoms with E-state index in [9.17, 15) is 26.4 Å². The molecule has 7 nitrogen and oxygen atoms in total. The Morgan fingerprint density at radius 1 is 1.22 bits per heavy atom. The summed E-state index contributed by atoms with van der Waals surface area (Å²) < 4.78 is 73.0. The Morgan fingerprint density at radius 2 is 1.86 bits per heavy atom. The fraction of sp³-hybridized carbons (Fsp3) is 0.391. The van der Waals surface area contributed by atoms with Gasteiger partial charge in [0.2, 0.25) is 0 Å². The first kappa shape index (κ1) is 26.9. The molecule has 2 aromatic carbocycles. The minimum absolute atomic E-state index is 0.0722. The van der Waals surface area contributed by atoms with E-state index in [4.69, 9.17) is 32.8 Å². The van der Waals surface area contributed by atoms with Gasteiger partial charge in [-0.15, -0.1) is 0 Å². The van der Waals surface area contributed by atoms with Gasteiger partial charge in [-0.2, -0.15) is 13.2 Å². The van der Waals surface area contributed by atoms with Crippen molar-refractivity contribution in [3.8, 4) is 0 Å². The first-order valence-electron chi connectivity index (χ1n) is 10.9. The number of ether oxygens (including phenoxy) is 1. The van der Waals surface area contributed by atoms with Gasteiger partial charge in [-0.25, -0.2) is 8.42 Å². The molecule has 5 rings (SSSR count). The zero-order valence-electron chi connectivity index (χ0n) is 18.9. The molecule has 3 heterocycles. The number of nitrogens with zero attached hydrogens (tertiary/aromatic N) is 1. The minimum atomic E-state index is -4.76. The zero-order chi connectivity index (χ0) is 26.9. The van der Waals surface area contributed by atoms with Crippen LogP contribution in [0.3, 0.4) is 0 Å². The first-order valence-corrected chi connectivity index (χ1v) is 14.5. The molecule has 3 aliphatic rings. The summed E-state index contributed by atoms with van der Waals surface area (Å²) >= 11 is 15.4. The largest absolute Gasteiger partial charge is 0.401 e. The topological polar surface area (TPSA) is 94.1 Å². The van der Waals surface area contributed by atoms with Crippen LogP contribution in [0.5, 0.6) is 0 Å². The minimum Gasteiger partial charge on any atom is -0.386 e. The molecule has 1 saturated heterocycles. The van der Waals surface area contributed by atoms with Gasteiger partial charge in [0.15, 0.2) is 21.7 Å². The fourth-order valence-electron chi connectivity index (χ4n) is 4.83. The standard InChI is InChI=1S/C23H18BrCl2F3N2O5S/c1-37(33,34)7-16(32)21-12-4-10(2-3-13(12)22(35-21)8-30-9-22)19-17(23(27,28)29)20(36-31-19)11-5-14(25)18(24)15(26)6-11/h2-6,17,20-21,30H,7-9H2,1H3. The SMILES string of the molecule is CS(=O)(=O)CC(=O)C1OC2(CNC2)c2ccc(C3=NOC(c4cc(Cl)c(Br)c(Cl)c4)C3C(F)(F)F)cc21. The number of halogens is 6. The van der Waals surface area contributed by atoms with Gasteiger partial charge in [0.25, 0.3) is 0 Å². The second-order valence-corrected chi connectivity index (χ2v) is 13.0. The Morgan fingerprint density at radius 3 is 2.41 bits per heavy atom. The van der Waals surface area contributed by atoms with Crippen molar-refractivity contribution in [2.45, 2.75) is 24.0 Å². The van der Waals surface area contributed by atoms with Crippen LogP contribution < -0.4 is 5.32 Å². The Balaban J connectivity index is 1.55. The third kappa shape index (κ3) is 4.80. The molecule has 3 unspecified atom stereocenters. The Hall–Kier alpha value is -1.70. The molecule has 1 fully saturated rings.